The normalized spacial score (nSPS) is 16.9. The van der Waals surface area contributed by atoms with Crippen molar-refractivity contribution in [3.63, 3.8) is 0 Å². The molecule has 6 heteroatoms. The molecular weight excluding hydrogens is 444 g/mol. The Balaban J connectivity index is 1.72. The van der Waals surface area contributed by atoms with E-state index in [4.69, 9.17) is 14.5 Å². The van der Waals surface area contributed by atoms with Crippen LogP contribution in [0.25, 0.3) is 0 Å². The Morgan fingerprint density at radius 1 is 1.00 bits per heavy atom. The number of anilines is 1. The fraction of sp³-hybridized carbons (Fsp3) is 0.167. The third-order valence-corrected chi connectivity index (χ3v) is 6.17. The molecule has 1 amide bonds. The standard InChI is InChI=1S/C24H19BrN2O3/c1-29-21-12-11-16-20-13-18(14-7-9-15(25)10-8-14)26-17-5-3-4-6-19(17)27(20)24(28)22(16)23(21)30-2/h3-12,20H,13H2,1-2H3. The van der Waals surface area contributed by atoms with E-state index in [-0.39, 0.29) is 11.9 Å². The average Bonchev–Trinajstić information content (AvgIpc) is 2.94. The van der Waals surface area contributed by atoms with Gasteiger partial charge in [-0.3, -0.25) is 14.7 Å². The lowest BCUT2D eigenvalue weighted by atomic mass is 9.96. The van der Waals surface area contributed by atoms with Crippen molar-refractivity contribution in [1.82, 2.24) is 0 Å². The van der Waals surface area contributed by atoms with Crippen LogP contribution >= 0.6 is 15.9 Å². The summed E-state index contributed by atoms with van der Waals surface area (Å²) in [5, 5.41) is 0. The highest BCUT2D eigenvalue weighted by Crippen LogP contribution is 2.50. The number of carbonyl (C=O) groups excluding carboxylic acids is 1. The largest absolute Gasteiger partial charge is 0.493 e. The lowest BCUT2D eigenvalue weighted by molar-refractivity contribution is 0.0989. The van der Waals surface area contributed by atoms with Crippen LogP contribution in [0.4, 0.5) is 11.4 Å². The van der Waals surface area contributed by atoms with Crippen LogP contribution in [-0.2, 0) is 0 Å². The van der Waals surface area contributed by atoms with Crippen LogP contribution in [0, 0.1) is 0 Å². The first kappa shape index (κ1) is 18.9. The second-order valence-corrected chi connectivity index (χ2v) is 8.13. The summed E-state index contributed by atoms with van der Waals surface area (Å²) in [6, 6.07) is 19.5. The number of ether oxygens (including phenoxy) is 2. The first-order valence-corrected chi connectivity index (χ1v) is 10.4. The van der Waals surface area contributed by atoms with E-state index in [9.17, 15) is 4.79 Å². The van der Waals surface area contributed by atoms with Gasteiger partial charge in [-0.25, -0.2) is 0 Å². The number of amides is 1. The minimum atomic E-state index is -0.168. The van der Waals surface area contributed by atoms with E-state index in [2.05, 4.69) is 15.9 Å². The zero-order chi connectivity index (χ0) is 20.8. The summed E-state index contributed by atoms with van der Waals surface area (Å²) in [5.74, 6) is 0.940. The number of halogens is 1. The number of benzene rings is 3. The summed E-state index contributed by atoms with van der Waals surface area (Å²) in [5.41, 5.74) is 5.06. The smallest absolute Gasteiger partial charge is 0.263 e. The van der Waals surface area contributed by atoms with Gasteiger partial charge in [0, 0.05) is 10.9 Å². The molecule has 3 aromatic carbocycles. The predicted octanol–water partition coefficient (Wildman–Crippen LogP) is 5.69. The Kier molecular flexibility index (Phi) is 4.59. The lowest BCUT2D eigenvalue weighted by Crippen LogP contribution is -2.28. The summed E-state index contributed by atoms with van der Waals surface area (Å²) < 4.78 is 12.0. The lowest BCUT2D eigenvalue weighted by Gasteiger charge is -2.24. The Hall–Kier alpha value is -3.12. The molecule has 5 rings (SSSR count). The maximum absolute atomic E-state index is 13.6. The van der Waals surface area contributed by atoms with E-state index in [1.807, 2.05) is 65.6 Å². The maximum atomic E-state index is 13.6. The van der Waals surface area contributed by atoms with Gasteiger partial charge in [-0.1, -0.05) is 46.3 Å². The fourth-order valence-electron chi connectivity index (χ4n) is 4.28. The van der Waals surface area contributed by atoms with Crippen molar-refractivity contribution in [1.29, 1.82) is 0 Å². The van der Waals surface area contributed by atoms with Crippen molar-refractivity contribution >= 4 is 38.9 Å². The summed E-state index contributed by atoms with van der Waals surface area (Å²) in [6.45, 7) is 0. The molecule has 2 aliphatic heterocycles. The fourth-order valence-corrected chi connectivity index (χ4v) is 4.55. The molecule has 0 fully saturated rings. The number of carbonyl (C=O) groups is 1. The van der Waals surface area contributed by atoms with Gasteiger partial charge in [0.1, 0.15) is 0 Å². The van der Waals surface area contributed by atoms with Gasteiger partial charge >= 0.3 is 0 Å². The molecule has 0 saturated heterocycles. The van der Waals surface area contributed by atoms with E-state index in [0.717, 1.165) is 32.7 Å². The molecule has 0 N–H and O–H groups in total. The van der Waals surface area contributed by atoms with Crippen molar-refractivity contribution < 1.29 is 14.3 Å². The van der Waals surface area contributed by atoms with E-state index >= 15 is 0 Å². The van der Waals surface area contributed by atoms with Crippen LogP contribution < -0.4 is 14.4 Å². The van der Waals surface area contributed by atoms with Gasteiger partial charge in [0.05, 0.1) is 42.9 Å². The van der Waals surface area contributed by atoms with Crippen LogP contribution in [0.1, 0.15) is 33.9 Å². The predicted molar refractivity (Wildman–Crippen MR) is 120 cm³/mol. The number of aliphatic imine (C=N–C) groups is 1. The number of para-hydroxylation sites is 2. The number of hydrogen-bond donors (Lipinski definition) is 0. The number of nitrogens with zero attached hydrogens (tertiary/aromatic N) is 2. The van der Waals surface area contributed by atoms with E-state index in [1.54, 1.807) is 14.2 Å². The number of methoxy groups -OCH3 is 2. The van der Waals surface area contributed by atoms with Gasteiger partial charge in [-0.15, -0.1) is 0 Å². The molecule has 1 unspecified atom stereocenters. The first-order valence-electron chi connectivity index (χ1n) is 9.63. The average molecular weight is 463 g/mol. The second-order valence-electron chi connectivity index (χ2n) is 7.21. The molecule has 0 bridgehead atoms. The SMILES string of the molecule is COc1ccc2c(c1OC)C(=O)N1c3ccccc3N=C(c3ccc(Br)cc3)CC21. The molecule has 150 valence electrons. The van der Waals surface area contributed by atoms with Gasteiger partial charge in [-0.2, -0.15) is 0 Å². The molecular formula is C24H19BrN2O3. The Morgan fingerprint density at radius 3 is 2.50 bits per heavy atom. The maximum Gasteiger partial charge on any atom is 0.263 e. The van der Waals surface area contributed by atoms with Crippen molar-refractivity contribution in [2.75, 3.05) is 19.1 Å². The molecule has 0 radical (unpaired) electrons. The quantitative estimate of drug-likeness (QED) is 0.502. The van der Waals surface area contributed by atoms with E-state index in [0.29, 0.717) is 23.5 Å². The van der Waals surface area contributed by atoms with Crippen LogP contribution in [0.15, 0.2) is 70.1 Å². The van der Waals surface area contributed by atoms with Gasteiger partial charge < -0.3 is 9.47 Å². The van der Waals surface area contributed by atoms with Crippen LogP contribution in [0.3, 0.4) is 0 Å². The molecule has 5 nitrogen and oxygen atoms in total. The van der Waals surface area contributed by atoms with E-state index in [1.165, 1.54) is 0 Å². The summed E-state index contributed by atoms with van der Waals surface area (Å²) in [6.07, 6.45) is 0.602. The molecule has 0 spiro atoms. The van der Waals surface area contributed by atoms with Crippen LogP contribution in [0.5, 0.6) is 11.5 Å². The highest BCUT2D eigenvalue weighted by atomic mass is 79.9. The van der Waals surface area contributed by atoms with Crippen molar-refractivity contribution in [2.45, 2.75) is 12.5 Å². The van der Waals surface area contributed by atoms with E-state index < -0.39 is 0 Å². The van der Waals surface area contributed by atoms with Crippen LogP contribution in [-0.4, -0.2) is 25.8 Å². The molecule has 3 aromatic rings. The van der Waals surface area contributed by atoms with Crippen molar-refractivity contribution in [3.8, 4) is 11.5 Å². The molecule has 0 aromatic heterocycles. The highest BCUT2D eigenvalue weighted by Gasteiger charge is 2.43. The first-order chi connectivity index (χ1) is 14.6. The third-order valence-electron chi connectivity index (χ3n) is 5.64. The Bertz CT molecular complexity index is 1190. The zero-order valence-electron chi connectivity index (χ0n) is 16.6. The Morgan fingerprint density at radius 2 is 1.77 bits per heavy atom. The monoisotopic (exact) mass is 462 g/mol. The zero-order valence-corrected chi connectivity index (χ0v) is 18.1. The summed E-state index contributed by atoms with van der Waals surface area (Å²) in [7, 11) is 3.15. The Labute approximate surface area is 183 Å². The number of fused-ring (bicyclic) bond motifs is 5. The van der Waals surface area contributed by atoms with Crippen molar-refractivity contribution in [3.05, 3.63) is 81.8 Å². The van der Waals surface area contributed by atoms with Crippen LogP contribution in [0.2, 0.25) is 0 Å². The second kappa shape index (κ2) is 7.29. The minimum Gasteiger partial charge on any atom is -0.493 e. The molecule has 0 saturated carbocycles. The summed E-state index contributed by atoms with van der Waals surface area (Å²) >= 11 is 3.50. The molecule has 0 aliphatic carbocycles. The van der Waals surface area contributed by atoms with Gasteiger partial charge in [-0.05, 0) is 41.5 Å². The van der Waals surface area contributed by atoms with Gasteiger partial charge in [0.25, 0.3) is 5.91 Å². The molecule has 1 atom stereocenters. The highest BCUT2D eigenvalue weighted by molar-refractivity contribution is 9.10. The number of rotatable bonds is 3. The molecule has 30 heavy (non-hydrogen) atoms. The molecule has 2 aliphatic rings. The third kappa shape index (κ3) is 2.82. The van der Waals surface area contributed by atoms with Gasteiger partial charge in [0.15, 0.2) is 11.5 Å². The van der Waals surface area contributed by atoms with Crippen molar-refractivity contribution in [2.24, 2.45) is 4.99 Å². The molecule has 2 heterocycles. The number of hydrogen-bond acceptors (Lipinski definition) is 4. The topological polar surface area (TPSA) is 51.1 Å². The van der Waals surface area contributed by atoms with Gasteiger partial charge in [0.2, 0.25) is 0 Å². The summed E-state index contributed by atoms with van der Waals surface area (Å²) in [4.78, 5) is 20.4. The minimum absolute atomic E-state index is 0.0922.